The molecule has 0 bridgehead atoms. The van der Waals surface area contributed by atoms with Crippen molar-refractivity contribution in [3.63, 3.8) is 0 Å². The van der Waals surface area contributed by atoms with Gasteiger partial charge in [0.25, 0.3) is 0 Å². The second kappa shape index (κ2) is 21.6. The third kappa shape index (κ3) is 11.7. The fraction of sp³-hybridized carbons (Fsp3) is 0.938. The SMILES string of the molecule is NC[C@@H]1O[C@H](O[C@H]2[C@@H](O)[C@H](O[C@@H]3[C@@H](O)[C@H](CC(=O)[C@@H](O)CCN=C(N)N)C[C@H](N)[C@H]3O[C@H]3O[C@H](CNCC(O)CO)[C@@H](O)[C@H](O)[C@H]3N)O[C@@H]2CO)[C@H](N)[C@@H](O)[C@@H]1O. The molecule has 0 aromatic heterocycles. The maximum Gasteiger partial charge on any atom is 0.187 e. The van der Waals surface area contributed by atoms with Crippen LogP contribution < -0.4 is 39.7 Å². The lowest BCUT2D eigenvalue weighted by Crippen LogP contribution is -2.67. The van der Waals surface area contributed by atoms with E-state index in [4.69, 9.17) is 67.9 Å². The first-order valence-corrected chi connectivity index (χ1v) is 18.8. The van der Waals surface area contributed by atoms with Gasteiger partial charge in [-0.05, 0) is 12.3 Å². The third-order valence-electron chi connectivity index (χ3n) is 10.7. The summed E-state index contributed by atoms with van der Waals surface area (Å²) in [5.74, 6) is -1.89. The van der Waals surface area contributed by atoms with Crippen LogP contribution in [0.25, 0.3) is 0 Å². The lowest BCUT2D eigenvalue weighted by Gasteiger charge is -2.48. The summed E-state index contributed by atoms with van der Waals surface area (Å²) in [6.45, 7) is -1.79. The molecular formula is C32H62N8O17. The number of carbonyl (C=O) groups is 1. The van der Waals surface area contributed by atoms with Crippen molar-refractivity contribution in [2.24, 2.45) is 45.3 Å². The highest BCUT2D eigenvalue weighted by molar-refractivity contribution is 5.83. The molecule has 21 atom stereocenters. The van der Waals surface area contributed by atoms with Gasteiger partial charge in [-0.25, -0.2) is 0 Å². The molecule has 1 aliphatic carbocycles. The van der Waals surface area contributed by atoms with Crippen LogP contribution in [0, 0.1) is 5.92 Å². The van der Waals surface area contributed by atoms with Gasteiger partial charge in [-0.3, -0.25) is 9.79 Å². The van der Waals surface area contributed by atoms with E-state index in [1.165, 1.54) is 0 Å². The van der Waals surface area contributed by atoms with Crippen LogP contribution in [-0.2, 0) is 33.2 Å². The van der Waals surface area contributed by atoms with Gasteiger partial charge in [-0.15, -0.1) is 0 Å². The molecule has 0 aromatic carbocycles. The van der Waals surface area contributed by atoms with Crippen molar-refractivity contribution in [1.29, 1.82) is 0 Å². The molecule has 0 radical (unpaired) electrons. The number of guanidine groups is 1. The Morgan fingerprint density at radius 3 is 1.89 bits per heavy atom. The van der Waals surface area contributed by atoms with Gasteiger partial charge in [-0.1, -0.05) is 0 Å². The van der Waals surface area contributed by atoms with Gasteiger partial charge < -0.3 is 119 Å². The van der Waals surface area contributed by atoms with Crippen molar-refractivity contribution in [2.45, 2.75) is 142 Å². The summed E-state index contributed by atoms with van der Waals surface area (Å²) in [5.41, 5.74) is 35.1. The molecule has 1 saturated carbocycles. The number of Topliss-reactive ketones (excluding diaryl/α,β-unsaturated/α-hetero) is 1. The first-order valence-electron chi connectivity index (χ1n) is 18.8. The normalized spacial score (nSPS) is 43.7. The molecule has 4 rings (SSSR count). The van der Waals surface area contributed by atoms with Crippen molar-refractivity contribution < 1.29 is 84.3 Å². The molecule has 3 aliphatic heterocycles. The number of nitrogens with zero attached hydrogens (tertiary/aromatic N) is 1. The second-order valence-corrected chi connectivity index (χ2v) is 14.9. The molecule has 0 amide bonds. The summed E-state index contributed by atoms with van der Waals surface area (Å²) < 4.78 is 35.5. The van der Waals surface area contributed by atoms with Crippen LogP contribution >= 0.6 is 0 Å². The van der Waals surface area contributed by atoms with E-state index in [-0.39, 0.29) is 45.0 Å². The Hall–Kier alpha value is -1.90. The number of hydrogen-bond acceptors (Lipinski definition) is 23. The molecule has 23 N–H and O–H groups in total. The number of aliphatic hydroxyl groups is 10. The predicted octanol–water partition coefficient (Wildman–Crippen LogP) is -10.6. The van der Waals surface area contributed by atoms with E-state index in [1.54, 1.807) is 0 Å². The second-order valence-electron chi connectivity index (χ2n) is 14.9. The van der Waals surface area contributed by atoms with Crippen LogP contribution in [0.2, 0.25) is 0 Å². The number of carbonyl (C=O) groups excluding carboxylic acids is 1. The summed E-state index contributed by atoms with van der Waals surface area (Å²) in [5, 5.41) is 108. The third-order valence-corrected chi connectivity index (χ3v) is 10.7. The average molecular weight is 831 g/mol. The topological polar surface area (TPSA) is 455 Å². The fourth-order valence-electron chi connectivity index (χ4n) is 7.31. The molecule has 4 aliphatic rings. The van der Waals surface area contributed by atoms with E-state index in [2.05, 4.69) is 10.3 Å². The molecule has 3 saturated heterocycles. The Morgan fingerprint density at radius 2 is 1.32 bits per heavy atom. The molecule has 0 spiro atoms. The zero-order chi connectivity index (χ0) is 42.3. The van der Waals surface area contributed by atoms with Crippen molar-refractivity contribution in [3.05, 3.63) is 0 Å². The van der Waals surface area contributed by atoms with E-state index in [9.17, 15) is 50.8 Å². The van der Waals surface area contributed by atoms with E-state index in [0.29, 0.717) is 0 Å². The smallest absolute Gasteiger partial charge is 0.187 e. The Morgan fingerprint density at radius 1 is 0.754 bits per heavy atom. The van der Waals surface area contributed by atoms with Gasteiger partial charge in [0.15, 0.2) is 30.6 Å². The minimum absolute atomic E-state index is 0.0558. The predicted molar refractivity (Wildman–Crippen MR) is 192 cm³/mol. The van der Waals surface area contributed by atoms with Crippen LogP contribution in [-0.4, -0.2) is 225 Å². The molecule has 332 valence electrons. The van der Waals surface area contributed by atoms with E-state index in [1.807, 2.05) is 0 Å². The summed E-state index contributed by atoms with van der Waals surface area (Å²) in [4.78, 5) is 16.8. The molecule has 4 fully saturated rings. The lowest BCUT2D eigenvalue weighted by molar-refractivity contribution is -0.310. The summed E-state index contributed by atoms with van der Waals surface area (Å²) in [7, 11) is 0. The van der Waals surface area contributed by atoms with Gasteiger partial charge in [0.05, 0.1) is 37.5 Å². The molecule has 25 nitrogen and oxygen atoms in total. The first kappa shape index (κ1) is 47.8. The van der Waals surface area contributed by atoms with Crippen LogP contribution in [0.3, 0.4) is 0 Å². The van der Waals surface area contributed by atoms with Crippen molar-refractivity contribution >= 4 is 11.7 Å². The van der Waals surface area contributed by atoms with E-state index >= 15 is 0 Å². The van der Waals surface area contributed by atoms with Gasteiger partial charge >= 0.3 is 0 Å². The molecule has 3 heterocycles. The van der Waals surface area contributed by atoms with Gasteiger partial charge in [0, 0.05) is 45.1 Å². The Labute approximate surface area is 327 Å². The van der Waals surface area contributed by atoms with Crippen LogP contribution in [0.1, 0.15) is 19.3 Å². The standard InChI is InChI=1S/C32H62N8O17/c33-5-15-21(47)23(49)18(35)29(52-15)56-27-17(9-42)54-31(25(27)51)57-28-20(46)10(4-14(45)13(44)1-2-40-32(37)38)3-12(34)26(28)55-30-19(36)24(50)22(48)16(53-30)7-39-6-11(43)8-41/h10-13,15-31,39,41-44,46-51H,1-9,33-36H2,(H4,37,38,40)/t10-,11?,12-,13-,15-,16+,17+,18+,19+,20-,21+,22+,23+,24+,25+,26+,27+,28+,29+,30+,31-/m0/s1. The molecule has 57 heavy (non-hydrogen) atoms. The van der Waals surface area contributed by atoms with Crippen LogP contribution in [0.15, 0.2) is 4.99 Å². The van der Waals surface area contributed by atoms with Crippen molar-refractivity contribution in [2.75, 3.05) is 39.4 Å². The Bertz CT molecular complexity index is 1280. The maximum atomic E-state index is 13.1. The van der Waals surface area contributed by atoms with Gasteiger partial charge in [0.1, 0.15) is 73.2 Å². The first-order chi connectivity index (χ1) is 26.9. The number of aliphatic imine (C=N–C) groups is 1. The number of ether oxygens (including phenoxy) is 6. The number of nitrogens with one attached hydrogen (secondary N) is 1. The molecule has 1 unspecified atom stereocenters. The Balaban J connectivity index is 1.57. The largest absolute Gasteiger partial charge is 0.394 e. The lowest BCUT2D eigenvalue weighted by atomic mass is 9.76. The molecular weight excluding hydrogens is 768 g/mol. The maximum absolute atomic E-state index is 13.1. The number of aliphatic hydroxyl groups excluding tert-OH is 10. The van der Waals surface area contributed by atoms with Crippen LogP contribution in [0.4, 0.5) is 0 Å². The summed E-state index contributed by atoms with van der Waals surface area (Å²) in [6.07, 6.45) is -25.4. The van der Waals surface area contributed by atoms with E-state index in [0.717, 1.165) is 0 Å². The summed E-state index contributed by atoms with van der Waals surface area (Å²) >= 11 is 0. The van der Waals surface area contributed by atoms with Crippen molar-refractivity contribution in [1.82, 2.24) is 5.32 Å². The minimum atomic E-state index is -1.75. The minimum Gasteiger partial charge on any atom is -0.394 e. The monoisotopic (exact) mass is 830 g/mol. The van der Waals surface area contributed by atoms with E-state index < -0.39 is 154 Å². The average Bonchev–Trinajstić information content (AvgIpc) is 3.47. The number of nitrogens with two attached hydrogens (primary N) is 6. The highest BCUT2D eigenvalue weighted by atomic mass is 16.8. The number of hydrogen-bond donors (Lipinski definition) is 17. The Kier molecular flexibility index (Phi) is 18.1. The van der Waals surface area contributed by atoms with Crippen LogP contribution in [0.5, 0.6) is 0 Å². The number of rotatable bonds is 19. The zero-order valence-electron chi connectivity index (χ0n) is 31.2. The quantitative estimate of drug-likeness (QED) is 0.0424. The molecule has 0 aromatic rings. The zero-order valence-corrected chi connectivity index (χ0v) is 31.2. The van der Waals surface area contributed by atoms with Gasteiger partial charge in [-0.2, -0.15) is 0 Å². The fourth-order valence-corrected chi connectivity index (χ4v) is 7.31. The molecule has 25 heteroatoms. The summed E-state index contributed by atoms with van der Waals surface area (Å²) in [6, 6.07) is -3.80. The highest BCUT2D eigenvalue weighted by Crippen LogP contribution is 2.37. The number of ketones is 1. The van der Waals surface area contributed by atoms with Crippen molar-refractivity contribution in [3.8, 4) is 0 Å². The highest BCUT2D eigenvalue weighted by Gasteiger charge is 2.55. The van der Waals surface area contributed by atoms with Gasteiger partial charge in [0.2, 0.25) is 0 Å².